The Morgan fingerprint density at radius 2 is 1.85 bits per heavy atom. The van der Waals surface area contributed by atoms with Crippen LogP contribution in [0.1, 0.15) is 11.6 Å². The summed E-state index contributed by atoms with van der Waals surface area (Å²) in [6.07, 6.45) is 0. The third kappa shape index (κ3) is 2.39. The molecule has 1 unspecified atom stereocenters. The fourth-order valence-corrected chi connectivity index (χ4v) is 4.45. The molecule has 2 aromatic carbocycles. The quantitative estimate of drug-likeness (QED) is 0.908. The molecule has 0 amide bonds. The minimum absolute atomic E-state index is 0.0230. The Bertz CT molecular complexity index is 774. The number of benzene rings is 2. The van der Waals surface area contributed by atoms with E-state index in [-0.39, 0.29) is 11.8 Å². The third-order valence-corrected chi connectivity index (χ3v) is 5.65. The summed E-state index contributed by atoms with van der Waals surface area (Å²) in [6, 6.07) is 11.8. The van der Waals surface area contributed by atoms with Gasteiger partial charge < -0.3 is 5.32 Å². The van der Waals surface area contributed by atoms with Crippen molar-refractivity contribution >= 4 is 38.7 Å². The van der Waals surface area contributed by atoms with Gasteiger partial charge in [-0.3, -0.25) is 0 Å². The fraction of sp³-hybridized carbons (Fsp3) is 0.143. The fourth-order valence-electron chi connectivity index (χ4n) is 2.37. The summed E-state index contributed by atoms with van der Waals surface area (Å²) in [7, 11) is -3.24. The first-order chi connectivity index (χ1) is 9.47. The Balaban J connectivity index is 2.00. The lowest BCUT2D eigenvalue weighted by Gasteiger charge is -2.15. The molecule has 0 saturated heterocycles. The molecule has 1 heterocycles. The highest BCUT2D eigenvalue weighted by Gasteiger charge is 2.34. The lowest BCUT2D eigenvalue weighted by molar-refractivity contribution is 0.598. The van der Waals surface area contributed by atoms with E-state index in [0.29, 0.717) is 20.6 Å². The molecule has 104 valence electrons. The highest BCUT2D eigenvalue weighted by atomic mass is 35.5. The van der Waals surface area contributed by atoms with E-state index in [2.05, 4.69) is 5.32 Å². The molecule has 3 nitrogen and oxygen atoms in total. The summed E-state index contributed by atoms with van der Waals surface area (Å²) in [5, 5.41) is 4.22. The lowest BCUT2D eigenvalue weighted by Crippen LogP contribution is -2.13. The van der Waals surface area contributed by atoms with Gasteiger partial charge in [0.1, 0.15) is 0 Å². The average molecular weight is 328 g/mol. The van der Waals surface area contributed by atoms with Crippen LogP contribution in [0, 0.1) is 0 Å². The molecular formula is C14H11Cl2NO2S. The number of halogens is 2. The Morgan fingerprint density at radius 3 is 2.65 bits per heavy atom. The van der Waals surface area contributed by atoms with Crippen molar-refractivity contribution in [2.45, 2.75) is 10.9 Å². The number of fused-ring (bicyclic) bond motifs is 1. The van der Waals surface area contributed by atoms with Gasteiger partial charge in [0.05, 0.1) is 27.4 Å². The van der Waals surface area contributed by atoms with Crippen LogP contribution in [0.15, 0.2) is 47.4 Å². The zero-order chi connectivity index (χ0) is 14.3. The predicted octanol–water partition coefficient (Wildman–Crippen LogP) is 3.93. The zero-order valence-electron chi connectivity index (χ0n) is 10.3. The van der Waals surface area contributed by atoms with E-state index in [1.165, 1.54) is 0 Å². The summed E-state index contributed by atoms with van der Waals surface area (Å²) in [5.74, 6) is 0.0230. The Kier molecular flexibility index (Phi) is 3.40. The van der Waals surface area contributed by atoms with Crippen LogP contribution in [0.3, 0.4) is 0 Å². The lowest BCUT2D eigenvalue weighted by atomic mass is 10.1. The van der Waals surface area contributed by atoms with Gasteiger partial charge in [-0.25, -0.2) is 8.42 Å². The Labute approximate surface area is 127 Å². The molecular weight excluding hydrogens is 317 g/mol. The summed E-state index contributed by atoms with van der Waals surface area (Å²) < 4.78 is 24.2. The molecule has 0 aromatic heterocycles. The summed E-state index contributed by atoms with van der Waals surface area (Å²) in [4.78, 5) is 0.385. The smallest absolute Gasteiger partial charge is 0.181 e. The minimum atomic E-state index is -3.24. The second-order valence-electron chi connectivity index (χ2n) is 4.64. The van der Waals surface area contributed by atoms with Gasteiger partial charge in [-0.15, -0.1) is 0 Å². The molecule has 0 spiro atoms. The van der Waals surface area contributed by atoms with E-state index in [1.807, 2.05) is 12.1 Å². The molecule has 0 aliphatic carbocycles. The number of hydrogen-bond acceptors (Lipinski definition) is 3. The van der Waals surface area contributed by atoms with Crippen LogP contribution in [0.4, 0.5) is 5.69 Å². The van der Waals surface area contributed by atoms with Gasteiger partial charge in [0, 0.05) is 5.02 Å². The molecule has 0 saturated carbocycles. The topological polar surface area (TPSA) is 46.2 Å². The first-order valence-electron chi connectivity index (χ1n) is 6.01. The van der Waals surface area contributed by atoms with Crippen molar-refractivity contribution in [2.24, 2.45) is 0 Å². The number of anilines is 1. The van der Waals surface area contributed by atoms with Crippen molar-refractivity contribution in [3.8, 4) is 0 Å². The van der Waals surface area contributed by atoms with Crippen molar-refractivity contribution in [1.29, 1.82) is 0 Å². The molecule has 1 aliphatic heterocycles. The molecule has 0 bridgehead atoms. The first-order valence-corrected chi connectivity index (χ1v) is 8.41. The van der Waals surface area contributed by atoms with E-state index in [9.17, 15) is 8.42 Å². The second kappa shape index (κ2) is 4.95. The Hall–Kier alpha value is -1.23. The maximum absolute atomic E-state index is 12.1. The van der Waals surface area contributed by atoms with Crippen molar-refractivity contribution in [1.82, 2.24) is 0 Å². The van der Waals surface area contributed by atoms with Crippen LogP contribution in [0.25, 0.3) is 0 Å². The molecule has 1 atom stereocenters. The summed E-state index contributed by atoms with van der Waals surface area (Å²) >= 11 is 12.0. The Morgan fingerprint density at radius 1 is 1.10 bits per heavy atom. The summed E-state index contributed by atoms with van der Waals surface area (Å²) in [6.45, 7) is 0. The van der Waals surface area contributed by atoms with Crippen molar-refractivity contribution in [2.75, 3.05) is 11.1 Å². The molecule has 0 radical (unpaired) electrons. The van der Waals surface area contributed by atoms with Gasteiger partial charge in [-0.1, -0.05) is 41.4 Å². The van der Waals surface area contributed by atoms with Crippen molar-refractivity contribution in [3.05, 3.63) is 58.1 Å². The van der Waals surface area contributed by atoms with Crippen LogP contribution < -0.4 is 5.32 Å². The largest absolute Gasteiger partial charge is 0.376 e. The number of sulfone groups is 1. The van der Waals surface area contributed by atoms with E-state index < -0.39 is 9.84 Å². The number of nitrogens with one attached hydrogen (secondary N) is 1. The van der Waals surface area contributed by atoms with E-state index in [0.717, 1.165) is 5.56 Å². The molecule has 2 aromatic rings. The average Bonchev–Trinajstić information content (AvgIpc) is 2.66. The molecule has 6 heteroatoms. The normalized spacial score (nSPS) is 19.6. The van der Waals surface area contributed by atoms with E-state index in [1.54, 1.807) is 30.3 Å². The van der Waals surface area contributed by atoms with Crippen LogP contribution in [0.2, 0.25) is 10.0 Å². The van der Waals surface area contributed by atoms with Gasteiger partial charge >= 0.3 is 0 Å². The second-order valence-corrected chi connectivity index (χ2v) is 7.49. The SMILES string of the molecule is O=S1(=O)CC(Nc2cc(Cl)ccc2Cl)c2ccccc21. The van der Waals surface area contributed by atoms with Gasteiger partial charge in [0.15, 0.2) is 9.84 Å². The van der Waals surface area contributed by atoms with Crippen LogP contribution in [0.5, 0.6) is 0 Å². The highest BCUT2D eigenvalue weighted by Crippen LogP contribution is 2.37. The van der Waals surface area contributed by atoms with Gasteiger partial charge in [0.2, 0.25) is 0 Å². The minimum Gasteiger partial charge on any atom is -0.376 e. The van der Waals surface area contributed by atoms with Crippen molar-refractivity contribution in [3.63, 3.8) is 0 Å². The van der Waals surface area contributed by atoms with Gasteiger partial charge in [0.25, 0.3) is 0 Å². The number of hydrogen-bond donors (Lipinski definition) is 1. The van der Waals surface area contributed by atoms with Gasteiger partial charge in [-0.05, 0) is 29.8 Å². The van der Waals surface area contributed by atoms with E-state index in [4.69, 9.17) is 23.2 Å². The first kappa shape index (κ1) is 13.7. The standard InChI is InChI=1S/C14H11Cl2NO2S/c15-9-5-6-11(16)12(7-9)17-13-8-20(18,19)14-4-2-1-3-10(13)14/h1-7,13,17H,8H2. The van der Waals surface area contributed by atoms with E-state index >= 15 is 0 Å². The predicted molar refractivity (Wildman–Crippen MR) is 81.3 cm³/mol. The molecule has 1 N–H and O–H groups in total. The van der Waals surface area contributed by atoms with Crippen LogP contribution in [-0.2, 0) is 9.84 Å². The molecule has 3 rings (SSSR count). The monoisotopic (exact) mass is 327 g/mol. The highest BCUT2D eigenvalue weighted by molar-refractivity contribution is 7.91. The maximum Gasteiger partial charge on any atom is 0.181 e. The zero-order valence-corrected chi connectivity index (χ0v) is 12.6. The van der Waals surface area contributed by atoms with Crippen molar-refractivity contribution < 1.29 is 8.42 Å². The van der Waals surface area contributed by atoms with Gasteiger partial charge in [-0.2, -0.15) is 0 Å². The third-order valence-electron chi connectivity index (χ3n) is 3.27. The molecule has 1 aliphatic rings. The van der Waals surface area contributed by atoms with Crippen LogP contribution in [-0.4, -0.2) is 14.2 Å². The molecule has 0 fully saturated rings. The maximum atomic E-state index is 12.1. The summed E-state index contributed by atoms with van der Waals surface area (Å²) in [5.41, 5.74) is 1.40. The van der Waals surface area contributed by atoms with Crippen LogP contribution >= 0.6 is 23.2 Å². The molecule has 20 heavy (non-hydrogen) atoms. The number of rotatable bonds is 2.